The molecule has 1 aliphatic heterocycles. The van der Waals surface area contributed by atoms with Gasteiger partial charge in [0.05, 0.1) is 6.04 Å². The Bertz CT molecular complexity index is 829. The standard InChI is InChI=1S/C21H24FNO2/c1-11(2)16-10-17(13(4)9-19(16)22)15-7-6-12(3)8-18(15)20-14(5)23-21(24)25-20/h6-11,14,20H,1-5H3,(H,23,24)/t14-,20+/m1/s1. The Morgan fingerprint density at radius 3 is 2.44 bits per heavy atom. The largest absolute Gasteiger partial charge is 0.439 e. The number of benzene rings is 2. The third-order valence-electron chi connectivity index (χ3n) is 4.80. The van der Waals surface area contributed by atoms with Crippen molar-refractivity contribution in [2.24, 2.45) is 0 Å². The van der Waals surface area contributed by atoms with Crippen LogP contribution in [0.3, 0.4) is 0 Å². The predicted octanol–water partition coefficient (Wildman–Crippen LogP) is 5.40. The Kier molecular flexibility index (Phi) is 4.55. The molecule has 0 bridgehead atoms. The van der Waals surface area contributed by atoms with Crippen molar-refractivity contribution in [3.63, 3.8) is 0 Å². The maximum Gasteiger partial charge on any atom is 0.408 e. The van der Waals surface area contributed by atoms with Crippen molar-refractivity contribution in [2.75, 3.05) is 0 Å². The van der Waals surface area contributed by atoms with Crippen molar-refractivity contribution >= 4 is 6.09 Å². The lowest BCUT2D eigenvalue weighted by Gasteiger charge is -2.21. The highest BCUT2D eigenvalue weighted by Gasteiger charge is 2.33. The molecule has 132 valence electrons. The number of carbonyl (C=O) groups is 1. The molecule has 0 aromatic heterocycles. The van der Waals surface area contributed by atoms with Gasteiger partial charge in [-0.1, -0.05) is 37.6 Å². The molecule has 2 aromatic carbocycles. The highest BCUT2D eigenvalue weighted by atomic mass is 19.1. The van der Waals surface area contributed by atoms with Crippen molar-refractivity contribution in [1.29, 1.82) is 0 Å². The number of alkyl carbamates (subject to hydrolysis) is 1. The molecule has 1 fully saturated rings. The summed E-state index contributed by atoms with van der Waals surface area (Å²) in [5, 5.41) is 2.80. The molecule has 3 rings (SSSR count). The first-order chi connectivity index (χ1) is 11.8. The molecule has 1 N–H and O–H groups in total. The highest BCUT2D eigenvalue weighted by Crippen LogP contribution is 2.38. The number of cyclic esters (lactones) is 1. The number of halogens is 1. The Morgan fingerprint density at radius 1 is 1.12 bits per heavy atom. The zero-order valence-electron chi connectivity index (χ0n) is 15.3. The number of amides is 1. The molecule has 0 unspecified atom stereocenters. The summed E-state index contributed by atoms with van der Waals surface area (Å²) in [5.74, 6) is -0.0783. The number of aryl methyl sites for hydroxylation is 2. The summed E-state index contributed by atoms with van der Waals surface area (Å²) < 4.78 is 19.8. The zero-order valence-corrected chi connectivity index (χ0v) is 15.3. The molecule has 4 heteroatoms. The van der Waals surface area contributed by atoms with E-state index in [1.54, 1.807) is 6.07 Å². The molecular formula is C21H24FNO2. The summed E-state index contributed by atoms with van der Waals surface area (Å²) in [4.78, 5) is 11.6. The number of hydrogen-bond donors (Lipinski definition) is 1. The van der Waals surface area contributed by atoms with E-state index in [0.717, 1.165) is 27.8 Å². The maximum atomic E-state index is 14.3. The van der Waals surface area contributed by atoms with Crippen molar-refractivity contribution in [3.05, 3.63) is 58.4 Å². The molecule has 0 saturated carbocycles. The molecule has 1 aliphatic rings. The van der Waals surface area contributed by atoms with Crippen LogP contribution in [0.2, 0.25) is 0 Å². The third kappa shape index (κ3) is 3.26. The fraction of sp³-hybridized carbons (Fsp3) is 0.381. The minimum atomic E-state index is -0.399. The van der Waals surface area contributed by atoms with E-state index in [4.69, 9.17) is 4.74 Å². The number of rotatable bonds is 3. The number of ether oxygens (including phenoxy) is 1. The first-order valence-corrected chi connectivity index (χ1v) is 8.66. The van der Waals surface area contributed by atoms with Crippen LogP contribution in [0.4, 0.5) is 9.18 Å². The molecule has 0 spiro atoms. The Labute approximate surface area is 148 Å². The van der Waals surface area contributed by atoms with Gasteiger partial charge in [0.2, 0.25) is 0 Å². The normalized spacial score (nSPS) is 19.9. The van der Waals surface area contributed by atoms with Gasteiger partial charge in [0.25, 0.3) is 0 Å². The van der Waals surface area contributed by atoms with Crippen molar-refractivity contribution in [2.45, 2.75) is 52.7 Å². The van der Waals surface area contributed by atoms with Crippen LogP contribution in [0.1, 0.15) is 55.0 Å². The number of nitrogens with one attached hydrogen (secondary N) is 1. The third-order valence-corrected chi connectivity index (χ3v) is 4.80. The van der Waals surface area contributed by atoms with E-state index in [-0.39, 0.29) is 23.9 Å². The van der Waals surface area contributed by atoms with E-state index < -0.39 is 6.09 Å². The van der Waals surface area contributed by atoms with Crippen LogP contribution in [0, 0.1) is 19.7 Å². The van der Waals surface area contributed by atoms with Crippen LogP contribution < -0.4 is 5.32 Å². The van der Waals surface area contributed by atoms with Crippen LogP contribution in [0.5, 0.6) is 0 Å². The number of carbonyl (C=O) groups excluding carboxylic acids is 1. The fourth-order valence-electron chi connectivity index (χ4n) is 3.43. The highest BCUT2D eigenvalue weighted by molar-refractivity contribution is 5.75. The van der Waals surface area contributed by atoms with Crippen LogP contribution in [-0.2, 0) is 4.74 Å². The van der Waals surface area contributed by atoms with Crippen molar-refractivity contribution < 1.29 is 13.9 Å². The monoisotopic (exact) mass is 341 g/mol. The Morgan fingerprint density at radius 2 is 1.84 bits per heavy atom. The molecule has 0 radical (unpaired) electrons. The van der Waals surface area contributed by atoms with Gasteiger partial charge in [0.15, 0.2) is 0 Å². The maximum absolute atomic E-state index is 14.3. The summed E-state index contributed by atoms with van der Waals surface area (Å²) in [5.41, 5.74) is 5.58. The Balaban J connectivity index is 2.18. The van der Waals surface area contributed by atoms with Gasteiger partial charge in [0, 0.05) is 5.56 Å². The second-order valence-electron chi connectivity index (χ2n) is 7.19. The zero-order chi connectivity index (χ0) is 18.3. The van der Waals surface area contributed by atoms with Gasteiger partial charge >= 0.3 is 6.09 Å². The van der Waals surface area contributed by atoms with E-state index in [9.17, 15) is 9.18 Å². The minimum Gasteiger partial charge on any atom is -0.439 e. The lowest BCUT2D eigenvalue weighted by atomic mass is 9.88. The van der Waals surface area contributed by atoms with Gasteiger partial charge in [0.1, 0.15) is 11.9 Å². The lowest BCUT2D eigenvalue weighted by molar-refractivity contribution is 0.134. The molecule has 25 heavy (non-hydrogen) atoms. The number of hydrogen-bond acceptors (Lipinski definition) is 2. The van der Waals surface area contributed by atoms with E-state index in [1.165, 1.54) is 0 Å². The average molecular weight is 341 g/mol. The van der Waals surface area contributed by atoms with Gasteiger partial charge in [-0.3, -0.25) is 0 Å². The van der Waals surface area contributed by atoms with Gasteiger partial charge < -0.3 is 10.1 Å². The molecule has 1 saturated heterocycles. The fourth-order valence-corrected chi connectivity index (χ4v) is 3.43. The van der Waals surface area contributed by atoms with E-state index >= 15 is 0 Å². The Hall–Kier alpha value is -2.36. The topological polar surface area (TPSA) is 38.3 Å². The average Bonchev–Trinajstić information content (AvgIpc) is 2.86. The smallest absolute Gasteiger partial charge is 0.408 e. The molecular weight excluding hydrogens is 317 g/mol. The SMILES string of the molecule is Cc1ccc(-c2cc(C(C)C)c(F)cc2C)c([C@H]2OC(=O)N[C@@H]2C)c1. The van der Waals surface area contributed by atoms with Crippen LogP contribution >= 0.6 is 0 Å². The van der Waals surface area contributed by atoms with E-state index in [2.05, 4.69) is 11.4 Å². The predicted molar refractivity (Wildman–Crippen MR) is 97.2 cm³/mol. The van der Waals surface area contributed by atoms with Gasteiger partial charge in [-0.15, -0.1) is 0 Å². The van der Waals surface area contributed by atoms with E-state index in [1.807, 2.05) is 52.8 Å². The van der Waals surface area contributed by atoms with Crippen LogP contribution in [-0.4, -0.2) is 12.1 Å². The first-order valence-electron chi connectivity index (χ1n) is 8.66. The molecule has 3 nitrogen and oxygen atoms in total. The first kappa shape index (κ1) is 17.5. The summed E-state index contributed by atoms with van der Waals surface area (Å²) in [6.07, 6.45) is -0.752. The van der Waals surface area contributed by atoms with Crippen LogP contribution in [0.15, 0.2) is 30.3 Å². The van der Waals surface area contributed by atoms with E-state index in [0.29, 0.717) is 5.56 Å². The molecule has 2 aromatic rings. The molecule has 0 aliphatic carbocycles. The van der Waals surface area contributed by atoms with Crippen LogP contribution in [0.25, 0.3) is 11.1 Å². The van der Waals surface area contributed by atoms with Crippen molar-refractivity contribution in [3.8, 4) is 11.1 Å². The molecule has 1 heterocycles. The van der Waals surface area contributed by atoms with Crippen molar-refractivity contribution in [1.82, 2.24) is 5.32 Å². The lowest BCUT2D eigenvalue weighted by Crippen LogP contribution is -2.24. The minimum absolute atomic E-state index is 0.0955. The second kappa shape index (κ2) is 6.51. The molecule has 2 atom stereocenters. The van der Waals surface area contributed by atoms with Gasteiger partial charge in [-0.2, -0.15) is 0 Å². The second-order valence-corrected chi connectivity index (χ2v) is 7.19. The summed E-state index contributed by atoms with van der Waals surface area (Å²) >= 11 is 0. The quantitative estimate of drug-likeness (QED) is 0.811. The molecule has 1 amide bonds. The van der Waals surface area contributed by atoms with Gasteiger partial charge in [-0.25, -0.2) is 9.18 Å². The summed E-state index contributed by atoms with van der Waals surface area (Å²) in [6, 6.07) is 9.53. The summed E-state index contributed by atoms with van der Waals surface area (Å²) in [6.45, 7) is 9.82. The summed E-state index contributed by atoms with van der Waals surface area (Å²) in [7, 11) is 0. The van der Waals surface area contributed by atoms with Gasteiger partial charge in [-0.05, 0) is 61.1 Å².